The zero-order valence-electron chi connectivity index (χ0n) is 18.7. The number of allylic oxidation sites excluding steroid dienone is 1. The maximum Gasteiger partial charge on any atom is 0.431 e. The Kier molecular flexibility index (Phi) is 7.09. The molecule has 3 aromatic rings. The van der Waals surface area contributed by atoms with Crippen LogP contribution in [0.4, 0.5) is 23.2 Å². The van der Waals surface area contributed by atoms with Gasteiger partial charge in [-0.25, -0.2) is 4.39 Å². The van der Waals surface area contributed by atoms with Crippen LogP contribution >= 0.6 is 11.6 Å². The Bertz CT molecular complexity index is 1300. The zero-order valence-corrected chi connectivity index (χ0v) is 19.4. The SMILES string of the molecule is CN1C(C(F)(F)F)=CC(=O)N(c2cc(Oc3ccccc3OCc3ccccc3)c(Cl)cc2F)C1O. The number of aliphatic hydroxyl groups is 1. The molecule has 1 aliphatic rings. The molecule has 36 heavy (non-hydrogen) atoms. The largest absolute Gasteiger partial charge is 0.485 e. The number of para-hydroxylation sites is 2. The smallest absolute Gasteiger partial charge is 0.431 e. The lowest BCUT2D eigenvalue weighted by Crippen LogP contribution is -2.55. The molecule has 1 amide bonds. The van der Waals surface area contributed by atoms with Crippen LogP contribution in [0.15, 0.2) is 78.5 Å². The molecule has 0 fully saturated rings. The number of benzene rings is 3. The predicted molar refractivity (Wildman–Crippen MR) is 124 cm³/mol. The number of hydrogen-bond acceptors (Lipinski definition) is 5. The topological polar surface area (TPSA) is 62.2 Å². The molecule has 4 rings (SSSR count). The third-order valence-corrected chi connectivity index (χ3v) is 5.61. The molecular formula is C25H19ClF4N2O4. The average Bonchev–Trinajstić information content (AvgIpc) is 2.83. The number of carbonyl (C=O) groups excluding carboxylic acids is 1. The highest BCUT2D eigenvalue weighted by atomic mass is 35.5. The van der Waals surface area contributed by atoms with E-state index in [1.165, 1.54) is 0 Å². The number of hydrogen-bond donors (Lipinski definition) is 1. The molecule has 11 heteroatoms. The summed E-state index contributed by atoms with van der Waals surface area (Å²) in [6.07, 6.45) is -6.76. The maximum atomic E-state index is 14.8. The van der Waals surface area contributed by atoms with Crippen molar-refractivity contribution >= 4 is 23.2 Å². The maximum absolute atomic E-state index is 14.8. The lowest BCUT2D eigenvalue weighted by Gasteiger charge is -2.39. The van der Waals surface area contributed by atoms with Crippen molar-refractivity contribution in [2.45, 2.75) is 19.1 Å². The number of ether oxygens (including phenoxy) is 2. The van der Waals surface area contributed by atoms with Crippen molar-refractivity contribution in [3.05, 3.63) is 94.9 Å². The number of nitrogens with zero attached hydrogens (tertiary/aromatic N) is 2. The third kappa shape index (κ3) is 5.24. The zero-order chi connectivity index (χ0) is 26.0. The lowest BCUT2D eigenvalue weighted by atomic mass is 10.2. The van der Waals surface area contributed by atoms with Crippen molar-refractivity contribution in [1.82, 2.24) is 4.90 Å². The second-order valence-corrected chi connectivity index (χ2v) is 8.16. The van der Waals surface area contributed by atoms with E-state index >= 15 is 0 Å². The average molecular weight is 523 g/mol. The van der Waals surface area contributed by atoms with Crippen LogP contribution in [0.2, 0.25) is 5.02 Å². The molecule has 1 N–H and O–H groups in total. The summed E-state index contributed by atoms with van der Waals surface area (Å²) in [5.41, 5.74) is -0.993. The molecule has 0 aromatic heterocycles. The summed E-state index contributed by atoms with van der Waals surface area (Å²) in [6.45, 7) is 0.234. The van der Waals surface area contributed by atoms with Crippen molar-refractivity contribution < 1.29 is 36.9 Å². The first-order valence-electron chi connectivity index (χ1n) is 10.5. The van der Waals surface area contributed by atoms with Gasteiger partial charge in [-0.05, 0) is 23.8 Å². The molecule has 0 radical (unpaired) electrons. The Morgan fingerprint density at radius 2 is 1.64 bits per heavy atom. The fourth-order valence-electron chi connectivity index (χ4n) is 3.51. The Labute approximate surface area is 208 Å². The molecule has 1 atom stereocenters. The number of amides is 1. The number of halogens is 5. The van der Waals surface area contributed by atoms with Crippen molar-refractivity contribution in [1.29, 1.82) is 0 Å². The molecule has 0 saturated carbocycles. The fourth-order valence-corrected chi connectivity index (χ4v) is 3.70. The van der Waals surface area contributed by atoms with Crippen LogP contribution in [0.3, 0.4) is 0 Å². The molecular weight excluding hydrogens is 504 g/mol. The van der Waals surface area contributed by atoms with Crippen LogP contribution in [-0.2, 0) is 11.4 Å². The summed E-state index contributed by atoms with van der Waals surface area (Å²) in [5, 5.41) is 10.2. The minimum Gasteiger partial charge on any atom is -0.485 e. The molecule has 1 unspecified atom stereocenters. The van der Waals surface area contributed by atoms with Crippen LogP contribution in [-0.4, -0.2) is 35.5 Å². The van der Waals surface area contributed by atoms with Gasteiger partial charge in [0.1, 0.15) is 23.9 Å². The number of aliphatic hydroxyl groups excluding tert-OH is 1. The summed E-state index contributed by atoms with van der Waals surface area (Å²) in [6, 6.07) is 17.8. The predicted octanol–water partition coefficient (Wildman–Crippen LogP) is 5.85. The first-order chi connectivity index (χ1) is 17.1. The summed E-state index contributed by atoms with van der Waals surface area (Å²) >= 11 is 6.16. The van der Waals surface area contributed by atoms with Crippen molar-refractivity contribution in [3.8, 4) is 17.2 Å². The quantitative estimate of drug-likeness (QED) is 0.411. The van der Waals surface area contributed by atoms with Gasteiger partial charge in [-0.3, -0.25) is 9.69 Å². The van der Waals surface area contributed by atoms with Gasteiger partial charge < -0.3 is 19.5 Å². The Morgan fingerprint density at radius 1 is 1.00 bits per heavy atom. The normalized spacial score (nSPS) is 16.1. The summed E-state index contributed by atoms with van der Waals surface area (Å²) < 4.78 is 66.1. The first-order valence-corrected chi connectivity index (χ1v) is 10.9. The first kappa shape index (κ1) is 25.3. The Balaban J connectivity index is 1.64. The van der Waals surface area contributed by atoms with Crippen LogP contribution in [0, 0.1) is 5.82 Å². The van der Waals surface area contributed by atoms with E-state index in [9.17, 15) is 27.5 Å². The molecule has 1 aliphatic heterocycles. The molecule has 1 heterocycles. The number of anilines is 1. The van der Waals surface area contributed by atoms with Gasteiger partial charge in [0.15, 0.2) is 11.5 Å². The van der Waals surface area contributed by atoms with Crippen molar-refractivity contribution in [2.75, 3.05) is 11.9 Å². The molecule has 0 bridgehead atoms. The summed E-state index contributed by atoms with van der Waals surface area (Å²) in [4.78, 5) is 13.4. The van der Waals surface area contributed by atoms with Crippen LogP contribution < -0.4 is 14.4 Å². The van der Waals surface area contributed by atoms with Gasteiger partial charge in [0.25, 0.3) is 5.91 Å². The fraction of sp³-hybridized carbons (Fsp3) is 0.160. The van der Waals surface area contributed by atoms with Gasteiger partial charge >= 0.3 is 6.18 Å². The lowest BCUT2D eigenvalue weighted by molar-refractivity contribution is -0.138. The van der Waals surface area contributed by atoms with Gasteiger partial charge in [0.2, 0.25) is 6.35 Å². The number of rotatable bonds is 6. The van der Waals surface area contributed by atoms with Gasteiger partial charge in [0, 0.05) is 19.2 Å². The van der Waals surface area contributed by atoms with E-state index in [2.05, 4.69) is 0 Å². The van der Waals surface area contributed by atoms with E-state index in [1.54, 1.807) is 24.3 Å². The molecule has 188 valence electrons. The van der Waals surface area contributed by atoms with Crippen molar-refractivity contribution in [3.63, 3.8) is 0 Å². The highest BCUT2D eigenvalue weighted by Gasteiger charge is 2.45. The van der Waals surface area contributed by atoms with E-state index in [0.717, 1.165) is 24.7 Å². The Hall–Kier alpha value is -3.76. The second kappa shape index (κ2) is 10.1. The van der Waals surface area contributed by atoms with E-state index in [0.29, 0.717) is 15.5 Å². The van der Waals surface area contributed by atoms with Crippen LogP contribution in [0.5, 0.6) is 17.2 Å². The van der Waals surface area contributed by atoms with Gasteiger partial charge in [-0.1, -0.05) is 54.1 Å². The molecule has 0 saturated heterocycles. The van der Waals surface area contributed by atoms with Crippen LogP contribution in [0.1, 0.15) is 5.56 Å². The number of carbonyl (C=O) groups is 1. The van der Waals surface area contributed by atoms with Gasteiger partial charge in [-0.15, -0.1) is 0 Å². The standard InChI is InChI=1S/C25H19ClF4N2O4/c1-31-22(25(28,29)30)13-23(33)32(24(31)34)18-12-21(16(26)11-17(18)27)36-20-10-6-5-9-19(20)35-14-15-7-3-2-4-8-15/h2-13,24,34H,14H2,1H3. The molecule has 6 nitrogen and oxygen atoms in total. The monoisotopic (exact) mass is 522 g/mol. The van der Waals surface area contributed by atoms with E-state index in [4.69, 9.17) is 21.1 Å². The summed E-state index contributed by atoms with van der Waals surface area (Å²) in [7, 11) is 0.926. The van der Waals surface area contributed by atoms with E-state index in [1.807, 2.05) is 30.3 Å². The highest BCUT2D eigenvalue weighted by molar-refractivity contribution is 6.32. The van der Waals surface area contributed by atoms with Crippen LogP contribution in [0.25, 0.3) is 0 Å². The van der Waals surface area contributed by atoms with E-state index < -0.39 is 35.6 Å². The molecule has 0 spiro atoms. The number of alkyl halides is 3. The Morgan fingerprint density at radius 3 is 2.31 bits per heavy atom. The highest BCUT2D eigenvalue weighted by Crippen LogP contribution is 2.41. The van der Waals surface area contributed by atoms with Gasteiger partial charge in [0.05, 0.1) is 10.7 Å². The summed E-state index contributed by atoms with van der Waals surface area (Å²) in [5.74, 6) is -1.88. The van der Waals surface area contributed by atoms with Gasteiger partial charge in [-0.2, -0.15) is 13.2 Å². The van der Waals surface area contributed by atoms with E-state index in [-0.39, 0.29) is 29.2 Å². The second-order valence-electron chi connectivity index (χ2n) is 7.75. The molecule has 0 aliphatic carbocycles. The minimum atomic E-state index is -4.90. The molecule has 3 aromatic carbocycles. The third-order valence-electron chi connectivity index (χ3n) is 5.31. The van der Waals surface area contributed by atoms with Crippen molar-refractivity contribution in [2.24, 2.45) is 0 Å². The minimum absolute atomic E-state index is 0.114.